The molecule has 5 rings (SSSR count). The van der Waals surface area contributed by atoms with Crippen molar-refractivity contribution in [2.75, 3.05) is 31.1 Å². The summed E-state index contributed by atoms with van der Waals surface area (Å²) in [5.74, 6) is -0.0295. The molecule has 4 aromatic rings. The monoisotopic (exact) mass is 426 g/mol. The van der Waals surface area contributed by atoms with E-state index in [1.54, 1.807) is 24.6 Å². The molecule has 0 radical (unpaired) electrons. The molecule has 0 aliphatic carbocycles. The van der Waals surface area contributed by atoms with Crippen molar-refractivity contribution in [3.8, 4) is 0 Å². The van der Waals surface area contributed by atoms with Crippen LogP contribution in [-0.2, 0) is 7.05 Å². The molecule has 8 nitrogen and oxygen atoms in total. The summed E-state index contributed by atoms with van der Waals surface area (Å²) < 4.78 is 1.45. The first kappa shape index (κ1) is 18.2. The molecule has 148 valence electrons. The number of hydrogen-bond acceptors (Lipinski definition) is 8. The van der Waals surface area contributed by atoms with Gasteiger partial charge in [-0.3, -0.25) is 9.59 Å². The number of thiazole rings is 1. The molecule has 0 aromatic carbocycles. The average molecular weight is 427 g/mol. The minimum atomic E-state index is -0.114. The Bertz CT molecular complexity index is 1270. The highest BCUT2D eigenvalue weighted by Crippen LogP contribution is 2.30. The normalized spacial score (nSPS) is 14.8. The summed E-state index contributed by atoms with van der Waals surface area (Å²) in [5, 5.41) is 1.49. The van der Waals surface area contributed by atoms with Gasteiger partial charge in [0.25, 0.3) is 11.5 Å². The molecule has 0 spiro atoms. The largest absolute Gasteiger partial charge is 0.344 e. The Morgan fingerprint density at radius 3 is 2.66 bits per heavy atom. The summed E-state index contributed by atoms with van der Waals surface area (Å²) in [6.45, 7) is 4.49. The SMILES string of the molecule is Cc1c(C(=O)N2CCN(c3nc4cccnc4s3)CC2)sc2ncn(C)c(=O)c12. The molecule has 0 unspecified atom stereocenters. The third-order valence-corrected chi connectivity index (χ3v) is 7.43. The Morgan fingerprint density at radius 2 is 1.90 bits per heavy atom. The first-order valence-corrected chi connectivity index (χ1v) is 10.9. The molecule has 1 saturated heterocycles. The van der Waals surface area contributed by atoms with E-state index in [2.05, 4.69) is 19.9 Å². The highest BCUT2D eigenvalue weighted by atomic mass is 32.1. The summed E-state index contributed by atoms with van der Waals surface area (Å²) >= 11 is 2.88. The number of rotatable bonds is 2. The summed E-state index contributed by atoms with van der Waals surface area (Å²) in [6.07, 6.45) is 3.27. The lowest BCUT2D eigenvalue weighted by molar-refractivity contribution is 0.0751. The Hall–Kier alpha value is -2.85. The maximum absolute atomic E-state index is 13.1. The molecule has 1 fully saturated rings. The second-order valence-electron chi connectivity index (χ2n) is 7.00. The number of amides is 1. The zero-order valence-electron chi connectivity index (χ0n) is 16.0. The third kappa shape index (κ3) is 2.99. The number of carbonyl (C=O) groups excluding carboxylic acids is 1. The fourth-order valence-corrected chi connectivity index (χ4v) is 5.62. The van der Waals surface area contributed by atoms with E-state index in [0.717, 1.165) is 34.1 Å². The topological polar surface area (TPSA) is 84.2 Å². The molecule has 1 aliphatic rings. The van der Waals surface area contributed by atoms with Crippen molar-refractivity contribution in [3.05, 3.63) is 45.5 Å². The minimum absolute atomic E-state index is 0.0295. The fourth-order valence-electron chi connectivity index (χ4n) is 3.55. The minimum Gasteiger partial charge on any atom is -0.344 e. The van der Waals surface area contributed by atoms with Crippen LogP contribution >= 0.6 is 22.7 Å². The van der Waals surface area contributed by atoms with Crippen LogP contribution in [0.25, 0.3) is 20.6 Å². The molecular weight excluding hydrogens is 408 g/mol. The lowest BCUT2D eigenvalue weighted by Gasteiger charge is -2.34. The number of aromatic nitrogens is 4. The van der Waals surface area contributed by atoms with Crippen LogP contribution in [0.3, 0.4) is 0 Å². The molecule has 5 heterocycles. The highest BCUT2D eigenvalue weighted by molar-refractivity contribution is 7.21. The van der Waals surface area contributed by atoms with E-state index in [1.807, 2.05) is 24.0 Å². The van der Waals surface area contributed by atoms with Crippen LogP contribution in [-0.4, -0.2) is 56.5 Å². The molecule has 1 amide bonds. The van der Waals surface area contributed by atoms with Gasteiger partial charge in [-0.2, -0.15) is 0 Å². The van der Waals surface area contributed by atoms with Crippen LogP contribution in [0.1, 0.15) is 15.2 Å². The lowest BCUT2D eigenvalue weighted by Crippen LogP contribution is -2.48. The Balaban J connectivity index is 1.36. The van der Waals surface area contributed by atoms with E-state index in [1.165, 1.54) is 22.2 Å². The number of nitrogens with zero attached hydrogens (tertiary/aromatic N) is 6. The molecule has 0 N–H and O–H groups in total. The maximum Gasteiger partial charge on any atom is 0.264 e. The number of hydrogen-bond donors (Lipinski definition) is 0. The van der Waals surface area contributed by atoms with Gasteiger partial charge in [-0.1, -0.05) is 11.3 Å². The Kier molecular flexibility index (Phi) is 4.32. The molecule has 4 aromatic heterocycles. The number of piperazine rings is 1. The summed E-state index contributed by atoms with van der Waals surface area (Å²) in [4.78, 5) is 45.1. The van der Waals surface area contributed by atoms with Crippen LogP contribution in [0.2, 0.25) is 0 Å². The number of anilines is 1. The number of thiophene rings is 1. The van der Waals surface area contributed by atoms with E-state index in [9.17, 15) is 9.59 Å². The predicted molar refractivity (Wildman–Crippen MR) is 115 cm³/mol. The highest BCUT2D eigenvalue weighted by Gasteiger charge is 2.27. The number of carbonyl (C=O) groups is 1. The summed E-state index contributed by atoms with van der Waals surface area (Å²) in [5.41, 5.74) is 1.52. The number of pyridine rings is 1. The van der Waals surface area contributed by atoms with Crippen molar-refractivity contribution in [2.45, 2.75) is 6.92 Å². The third-order valence-electron chi connectivity index (χ3n) is 5.20. The zero-order valence-corrected chi connectivity index (χ0v) is 17.6. The van der Waals surface area contributed by atoms with Crippen molar-refractivity contribution >= 4 is 54.3 Å². The van der Waals surface area contributed by atoms with E-state index in [4.69, 9.17) is 0 Å². The lowest BCUT2D eigenvalue weighted by atomic mass is 10.2. The number of fused-ring (bicyclic) bond motifs is 2. The van der Waals surface area contributed by atoms with Crippen LogP contribution in [0.5, 0.6) is 0 Å². The van der Waals surface area contributed by atoms with Gasteiger partial charge in [0.1, 0.15) is 15.2 Å². The predicted octanol–water partition coefficient (Wildman–Crippen LogP) is 2.27. The number of aryl methyl sites for hydroxylation is 2. The van der Waals surface area contributed by atoms with Crippen molar-refractivity contribution in [1.29, 1.82) is 0 Å². The smallest absolute Gasteiger partial charge is 0.264 e. The van der Waals surface area contributed by atoms with Gasteiger partial charge >= 0.3 is 0 Å². The van der Waals surface area contributed by atoms with E-state index in [0.29, 0.717) is 28.2 Å². The van der Waals surface area contributed by atoms with Crippen LogP contribution in [0.4, 0.5) is 5.13 Å². The average Bonchev–Trinajstić information content (AvgIpc) is 3.32. The van der Waals surface area contributed by atoms with Gasteiger partial charge in [0.15, 0.2) is 5.13 Å². The molecule has 29 heavy (non-hydrogen) atoms. The first-order chi connectivity index (χ1) is 14.0. The molecule has 10 heteroatoms. The van der Waals surface area contributed by atoms with Crippen molar-refractivity contribution in [2.24, 2.45) is 7.05 Å². The second kappa shape index (κ2) is 6.89. The van der Waals surface area contributed by atoms with E-state index >= 15 is 0 Å². The fraction of sp³-hybridized carbons (Fsp3) is 0.316. The maximum atomic E-state index is 13.1. The second-order valence-corrected chi connectivity index (χ2v) is 8.96. The van der Waals surface area contributed by atoms with Crippen molar-refractivity contribution in [1.82, 2.24) is 24.4 Å². The molecule has 0 bridgehead atoms. The van der Waals surface area contributed by atoms with Gasteiger partial charge in [-0.25, -0.2) is 15.0 Å². The van der Waals surface area contributed by atoms with Gasteiger partial charge in [-0.05, 0) is 24.6 Å². The van der Waals surface area contributed by atoms with Crippen LogP contribution in [0.15, 0.2) is 29.5 Å². The van der Waals surface area contributed by atoms with Gasteiger partial charge in [0.05, 0.1) is 16.6 Å². The van der Waals surface area contributed by atoms with E-state index in [-0.39, 0.29) is 11.5 Å². The van der Waals surface area contributed by atoms with Gasteiger partial charge in [0.2, 0.25) is 0 Å². The van der Waals surface area contributed by atoms with Crippen LogP contribution < -0.4 is 10.5 Å². The standard InChI is InChI=1S/C19H18N6O2S2/c1-11-13-16(21-10-23(2)17(13)26)28-14(11)18(27)24-6-8-25(9-7-24)19-22-12-4-3-5-20-15(12)29-19/h3-5,10H,6-9H2,1-2H3. The van der Waals surface area contributed by atoms with Crippen molar-refractivity contribution in [3.63, 3.8) is 0 Å². The Labute approximate surface area is 174 Å². The molecule has 1 aliphatic heterocycles. The first-order valence-electron chi connectivity index (χ1n) is 9.23. The van der Waals surface area contributed by atoms with E-state index < -0.39 is 0 Å². The summed E-state index contributed by atoms with van der Waals surface area (Å²) in [6, 6.07) is 3.85. The molecule has 0 atom stereocenters. The van der Waals surface area contributed by atoms with Gasteiger partial charge < -0.3 is 14.4 Å². The Morgan fingerprint density at radius 1 is 1.10 bits per heavy atom. The van der Waals surface area contributed by atoms with Gasteiger partial charge in [0, 0.05) is 39.4 Å². The molecular formula is C19H18N6O2S2. The zero-order chi connectivity index (χ0) is 20.1. The van der Waals surface area contributed by atoms with Gasteiger partial charge in [-0.15, -0.1) is 11.3 Å². The van der Waals surface area contributed by atoms with Crippen LogP contribution in [0, 0.1) is 6.92 Å². The summed E-state index contributed by atoms with van der Waals surface area (Å²) in [7, 11) is 1.67. The quantitative estimate of drug-likeness (QED) is 0.489. The molecule has 0 saturated carbocycles. The van der Waals surface area contributed by atoms with Crippen molar-refractivity contribution < 1.29 is 4.79 Å².